The molecule has 0 aromatic heterocycles. The Bertz CT molecular complexity index is 824. The van der Waals surface area contributed by atoms with Crippen molar-refractivity contribution >= 4 is 12.0 Å². The van der Waals surface area contributed by atoms with Crippen LogP contribution in [0.4, 0.5) is 4.79 Å². The van der Waals surface area contributed by atoms with Gasteiger partial charge in [-0.25, -0.2) is 4.79 Å². The van der Waals surface area contributed by atoms with Crippen molar-refractivity contribution in [1.29, 1.82) is 0 Å². The van der Waals surface area contributed by atoms with E-state index in [1.165, 1.54) is 0 Å². The van der Waals surface area contributed by atoms with Crippen LogP contribution in [0.1, 0.15) is 40.2 Å². The van der Waals surface area contributed by atoms with Crippen molar-refractivity contribution in [2.75, 3.05) is 13.2 Å². The SMILES string of the molecule is C#CCO[C@@H]1C(=O)N(Cc2ccccc2)[C@@H]1[C@@H]1COC(C)(C)N1C(=O)OC(C)(C)C. The van der Waals surface area contributed by atoms with Gasteiger partial charge in [0.2, 0.25) is 0 Å². The highest BCUT2D eigenvalue weighted by molar-refractivity contribution is 5.89. The Kier molecular flexibility index (Phi) is 6.11. The van der Waals surface area contributed by atoms with E-state index in [0.29, 0.717) is 6.54 Å². The first kappa shape index (κ1) is 22.1. The van der Waals surface area contributed by atoms with Crippen molar-refractivity contribution in [2.45, 2.75) is 70.7 Å². The Labute approximate surface area is 178 Å². The minimum Gasteiger partial charge on any atom is -0.444 e. The maximum atomic E-state index is 13.0. The van der Waals surface area contributed by atoms with Crippen LogP contribution in [0.15, 0.2) is 30.3 Å². The summed E-state index contributed by atoms with van der Waals surface area (Å²) in [5.74, 6) is 2.27. The average Bonchev–Trinajstić information content (AvgIpc) is 2.97. The Morgan fingerprint density at radius 1 is 1.30 bits per heavy atom. The third kappa shape index (κ3) is 4.45. The normalized spacial score (nSPS) is 25.6. The van der Waals surface area contributed by atoms with Crippen molar-refractivity contribution in [1.82, 2.24) is 9.80 Å². The second-order valence-corrected chi connectivity index (χ2v) is 9.05. The molecule has 2 saturated heterocycles. The van der Waals surface area contributed by atoms with Gasteiger partial charge in [-0.1, -0.05) is 36.3 Å². The zero-order chi connectivity index (χ0) is 22.1. The van der Waals surface area contributed by atoms with Gasteiger partial charge in [0.25, 0.3) is 5.91 Å². The fourth-order valence-corrected chi connectivity index (χ4v) is 3.97. The Morgan fingerprint density at radius 2 is 1.97 bits per heavy atom. The molecule has 30 heavy (non-hydrogen) atoms. The standard InChI is InChI=1S/C23H30N2O5/c1-7-13-28-19-18(24(20(19)26)14-16-11-9-8-10-12-16)17-15-29-23(5,6)25(17)21(27)30-22(2,3)4/h1,8-12,17-19H,13-15H2,2-6H3/t17-,18+,19-/m0/s1. The molecule has 2 fully saturated rings. The number of amides is 2. The van der Waals surface area contributed by atoms with Crippen LogP contribution in [-0.2, 0) is 25.5 Å². The van der Waals surface area contributed by atoms with Gasteiger partial charge in [0.15, 0.2) is 6.10 Å². The molecule has 0 radical (unpaired) electrons. The van der Waals surface area contributed by atoms with Crippen LogP contribution in [0, 0.1) is 12.3 Å². The zero-order valence-electron chi connectivity index (χ0n) is 18.3. The number of carbonyl (C=O) groups is 2. The van der Waals surface area contributed by atoms with Crippen molar-refractivity contribution in [3.63, 3.8) is 0 Å². The molecule has 2 aliphatic rings. The first-order chi connectivity index (χ1) is 14.0. The summed E-state index contributed by atoms with van der Waals surface area (Å²) in [5.41, 5.74) is -0.534. The predicted octanol–water partition coefficient (Wildman–Crippen LogP) is 2.79. The highest BCUT2D eigenvalue weighted by atomic mass is 16.6. The molecule has 0 N–H and O–H groups in total. The van der Waals surface area contributed by atoms with Crippen molar-refractivity contribution < 1.29 is 23.8 Å². The third-order valence-electron chi connectivity index (χ3n) is 5.24. The lowest BCUT2D eigenvalue weighted by molar-refractivity contribution is -0.179. The summed E-state index contributed by atoms with van der Waals surface area (Å²) in [5, 5.41) is 0. The van der Waals surface area contributed by atoms with E-state index in [2.05, 4.69) is 5.92 Å². The van der Waals surface area contributed by atoms with Crippen LogP contribution in [0.5, 0.6) is 0 Å². The summed E-state index contributed by atoms with van der Waals surface area (Å²) in [6.45, 7) is 9.79. The van der Waals surface area contributed by atoms with Gasteiger partial charge in [0.05, 0.1) is 18.7 Å². The number of carbonyl (C=O) groups excluding carboxylic acids is 2. The summed E-state index contributed by atoms with van der Waals surface area (Å²) < 4.78 is 17.2. The quantitative estimate of drug-likeness (QED) is 0.548. The molecule has 2 heterocycles. The lowest BCUT2D eigenvalue weighted by Gasteiger charge is -2.51. The zero-order valence-corrected chi connectivity index (χ0v) is 18.3. The third-order valence-corrected chi connectivity index (χ3v) is 5.24. The Balaban J connectivity index is 1.89. The van der Waals surface area contributed by atoms with Gasteiger partial charge in [-0.05, 0) is 40.2 Å². The minimum absolute atomic E-state index is 0.0233. The maximum Gasteiger partial charge on any atom is 0.412 e. The Hall–Kier alpha value is -2.56. The van der Waals surface area contributed by atoms with Crippen LogP contribution in [0.25, 0.3) is 0 Å². The summed E-state index contributed by atoms with van der Waals surface area (Å²) in [7, 11) is 0. The lowest BCUT2D eigenvalue weighted by atomic mass is 9.89. The molecule has 2 aliphatic heterocycles. The number of nitrogens with zero attached hydrogens (tertiary/aromatic N) is 2. The summed E-state index contributed by atoms with van der Waals surface area (Å²) in [6.07, 6.45) is 4.13. The van der Waals surface area contributed by atoms with E-state index in [1.807, 2.05) is 65.0 Å². The Morgan fingerprint density at radius 3 is 2.57 bits per heavy atom. The number of benzene rings is 1. The van der Waals surface area contributed by atoms with Gasteiger partial charge in [0, 0.05) is 6.54 Å². The van der Waals surface area contributed by atoms with Gasteiger partial charge in [-0.15, -0.1) is 6.42 Å². The molecule has 3 atom stereocenters. The molecule has 162 valence electrons. The average molecular weight is 415 g/mol. The molecule has 1 aromatic carbocycles. The largest absolute Gasteiger partial charge is 0.444 e. The van der Waals surface area contributed by atoms with Gasteiger partial charge < -0.3 is 19.1 Å². The van der Waals surface area contributed by atoms with E-state index in [9.17, 15) is 9.59 Å². The molecule has 7 heteroatoms. The number of rotatable bonds is 5. The molecule has 0 aliphatic carbocycles. The molecule has 1 aromatic rings. The lowest BCUT2D eigenvalue weighted by Crippen LogP contribution is -2.72. The van der Waals surface area contributed by atoms with Crippen LogP contribution in [0.2, 0.25) is 0 Å². The molecule has 0 bridgehead atoms. The van der Waals surface area contributed by atoms with Crippen LogP contribution < -0.4 is 0 Å². The van der Waals surface area contributed by atoms with E-state index in [1.54, 1.807) is 9.80 Å². The van der Waals surface area contributed by atoms with E-state index in [-0.39, 0.29) is 25.2 Å². The maximum absolute atomic E-state index is 13.0. The van der Waals surface area contributed by atoms with Crippen LogP contribution in [-0.4, -0.2) is 64.5 Å². The summed E-state index contributed by atoms with van der Waals surface area (Å²) in [4.78, 5) is 29.2. The molecule has 2 amide bonds. The second-order valence-electron chi connectivity index (χ2n) is 9.05. The molecular formula is C23H30N2O5. The topological polar surface area (TPSA) is 68.3 Å². The molecule has 0 spiro atoms. The van der Waals surface area contributed by atoms with Gasteiger partial charge >= 0.3 is 6.09 Å². The van der Waals surface area contributed by atoms with Crippen molar-refractivity contribution in [3.8, 4) is 12.3 Å². The fraction of sp³-hybridized carbons (Fsp3) is 0.565. The van der Waals surface area contributed by atoms with E-state index in [0.717, 1.165) is 5.56 Å². The first-order valence-corrected chi connectivity index (χ1v) is 10.1. The fourth-order valence-electron chi connectivity index (χ4n) is 3.97. The molecule has 7 nitrogen and oxygen atoms in total. The predicted molar refractivity (Wildman–Crippen MR) is 111 cm³/mol. The van der Waals surface area contributed by atoms with Crippen molar-refractivity contribution in [3.05, 3.63) is 35.9 Å². The minimum atomic E-state index is -0.874. The smallest absolute Gasteiger partial charge is 0.412 e. The van der Waals surface area contributed by atoms with Gasteiger partial charge in [0.1, 0.15) is 17.9 Å². The molecule has 0 unspecified atom stereocenters. The molecule has 3 rings (SSSR count). The number of ether oxygens (including phenoxy) is 3. The monoisotopic (exact) mass is 414 g/mol. The second kappa shape index (κ2) is 8.29. The van der Waals surface area contributed by atoms with E-state index >= 15 is 0 Å². The number of terminal acetylenes is 1. The first-order valence-electron chi connectivity index (χ1n) is 10.1. The highest BCUT2D eigenvalue weighted by Crippen LogP contribution is 2.38. The van der Waals surface area contributed by atoms with Crippen LogP contribution in [0.3, 0.4) is 0 Å². The van der Waals surface area contributed by atoms with E-state index < -0.39 is 29.6 Å². The van der Waals surface area contributed by atoms with E-state index in [4.69, 9.17) is 20.6 Å². The number of hydrogen-bond donors (Lipinski definition) is 0. The summed E-state index contributed by atoms with van der Waals surface area (Å²) in [6, 6.07) is 8.89. The summed E-state index contributed by atoms with van der Waals surface area (Å²) >= 11 is 0. The van der Waals surface area contributed by atoms with Crippen LogP contribution >= 0.6 is 0 Å². The van der Waals surface area contributed by atoms with Crippen molar-refractivity contribution in [2.24, 2.45) is 0 Å². The highest BCUT2D eigenvalue weighted by Gasteiger charge is 2.59. The molecule has 0 saturated carbocycles. The van der Waals surface area contributed by atoms with Gasteiger partial charge in [-0.3, -0.25) is 9.69 Å². The molecular weight excluding hydrogens is 384 g/mol. The number of β-lactam (4-membered cyclic amide) rings is 1. The number of hydrogen-bond acceptors (Lipinski definition) is 5. The van der Waals surface area contributed by atoms with Gasteiger partial charge in [-0.2, -0.15) is 0 Å². The number of likely N-dealkylation sites (tertiary alicyclic amines) is 1.